The van der Waals surface area contributed by atoms with Gasteiger partial charge in [-0.05, 0) is 47.9 Å². The van der Waals surface area contributed by atoms with E-state index in [-0.39, 0.29) is 5.91 Å². The molecule has 1 atom stereocenters. The molecule has 0 radical (unpaired) electrons. The van der Waals surface area contributed by atoms with E-state index in [0.29, 0.717) is 24.0 Å². The van der Waals surface area contributed by atoms with Crippen LogP contribution in [0.4, 0.5) is 0 Å². The number of nitriles is 1. The first kappa shape index (κ1) is 18.1. The summed E-state index contributed by atoms with van der Waals surface area (Å²) in [7, 11) is 0. The molecule has 0 spiro atoms. The van der Waals surface area contributed by atoms with E-state index < -0.39 is 0 Å². The van der Waals surface area contributed by atoms with Crippen LogP contribution in [0.5, 0.6) is 0 Å². The van der Waals surface area contributed by atoms with Crippen LogP contribution in [-0.4, -0.2) is 34.1 Å². The van der Waals surface area contributed by atoms with Gasteiger partial charge in [-0.1, -0.05) is 38.1 Å². The summed E-state index contributed by atoms with van der Waals surface area (Å²) in [5.74, 6) is 1.10. The lowest BCUT2D eigenvalue weighted by Gasteiger charge is -2.17. The lowest BCUT2D eigenvalue weighted by molar-refractivity contribution is -0.129. The average molecular weight is 348 g/mol. The molecule has 2 aromatic rings. The van der Waals surface area contributed by atoms with Gasteiger partial charge in [0.15, 0.2) is 5.69 Å². The Morgan fingerprint density at radius 1 is 1.23 bits per heavy atom. The van der Waals surface area contributed by atoms with Crippen LogP contribution < -0.4 is 0 Å². The standard InChI is InChI=1S/C21H24N4O/c1-15(2)18-5-3-16(4-6-18)12-21(26)25-10-9-17(14-25)11-19-7-8-20(13-22)24-23-19/h3-8,15,17H,9-12,14H2,1-2H3/t17-/m0/s1. The summed E-state index contributed by atoms with van der Waals surface area (Å²) in [6.45, 7) is 5.91. The van der Waals surface area contributed by atoms with Crippen molar-refractivity contribution in [2.24, 2.45) is 5.92 Å². The highest BCUT2D eigenvalue weighted by Gasteiger charge is 2.26. The van der Waals surface area contributed by atoms with Crippen molar-refractivity contribution >= 4 is 5.91 Å². The first-order valence-corrected chi connectivity index (χ1v) is 9.14. The van der Waals surface area contributed by atoms with Gasteiger partial charge in [-0.3, -0.25) is 4.79 Å². The number of rotatable bonds is 5. The number of hydrogen-bond acceptors (Lipinski definition) is 4. The molecule has 0 saturated carbocycles. The fourth-order valence-electron chi connectivity index (χ4n) is 3.36. The van der Waals surface area contributed by atoms with Crippen molar-refractivity contribution in [1.29, 1.82) is 5.26 Å². The van der Waals surface area contributed by atoms with E-state index in [1.54, 1.807) is 6.07 Å². The minimum atomic E-state index is 0.190. The van der Waals surface area contributed by atoms with Crippen LogP contribution in [0.1, 0.15) is 48.7 Å². The van der Waals surface area contributed by atoms with E-state index in [4.69, 9.17) is 5.26 Å². The van der Waals surface area contributed by atoms with Gasteiger partial charge in [-0.15, -0.1) is 5.10 Å². The molecule has 5 heteroatoms. The summed E-state index contributed by atoms with van der Waals surface area (Å²) < 4.78 is 0. The summed E-state index contributed by atoms with van der Waals surface area (Å²) in [5, 5.41) is 16.7. The molecule has 1 aliphatic rings. The number of nitrogens with zero attached hydrogens (tertiary/aromatic N) is 4. The number of amides is 1. The van der Waals surface area contributed by atoms with E-state index >= 15 is 0 Å². The van der Waals surface area contributed by atoms with Crippen molar-refractivity contribution in [2.75, 3.05) is 13.1 Å². The van der Waals surface area contributed by atoms with E-state index in [0.717, 1.165) is 37.2 Å². The predicted molar refractivity (Wildman–Crippen MR) is 99.4 cm³/mol. The number of benzene rings is 1. The highest BCUT2D eigenvalue weighted by Crippen LogP contribution is 2.21. The van der Waals surface area contributed by atoms with E-state index in [9.17, 15) is 4.79 Å². The van der Waals surface area contributed by atoms with E-state index in [1.807, 2.05) is 17.0 Å². The maximum Gasteiger partial charge on any atom is 0.226 e. The van der Waals surface area contributed by atoms with Crippen molar-refractivity contribution in [3.63, 3.8) is 0 Å². The molecule has 134 valence electrons. The molecule has 0 N–H and O–H groups in total. The zero-order chi connectivity index (χ0) is 18.5. The van der Waals surface area contributed by atoms with Gasteiger partial charge in [-0.25, -0.2) is 0 Å². The Kier molecular flexibility index (Phi) is 5.62. The number of carbonyl (C=O) groups excluding carboxylic acids is 1. The Bertz CT molecular complexity index is 790. The maximum absolute atomic E-state index is 12.6. The first-order valence-electron chi connectivity index (χ1n) is 9.14. The van der Waals surface area contributed by atoms with Gasteiger partial charge >= 0.3 is 0 Å². The highest BCUT2D eigenvalue weighted by molar-refractivity contribution is 5.79. The first-order chi connectivity index (χ1) is 12.5. The average Bonchev–Trinajstić information content (AvgIpc) is 3.11. The lowest BCUT2D eigenvalue weighted by Crippen LogP contribution is -2.30. The Morgan fingerprint density at radius 2 is 2.00 bits per heavy atom. The Balaban J connectivity index is 1.52. The molecule has 1 aliphatic heterocycles. The molecule has 1 amide bonds. The van der Waals surface area contributed by atoms with Crippen molar-refractivity contribution < 1.29 is 4.79 Å². The third kappa shape index (κ3) is 4.45. The highest BCUT2D eigenvalue weighted by atomic mass is 16.2. The van der Waals surface area contributed by atoms with Gasteiger partial charge in [-0.2, -0.15) is 10.4 Å². The molecule has 0 bridgehead atoms. The molecule has 5 nitrogen and oxygen atoms in total. The van der Waals surface area contributed by atoms with Crippen LogP contribution in [0, 0.1) is 17.2 Å². The van der Waals surface area contributed by atoms with Crippen LogP contribution in [-0.2, 0) is 17.6 Å². The second-order valence-corrected chi connectivity index (χ2v) is 7.29. The molecule has 0 aliphatic carbocycles. The van der Waals surface area contributed by atoms with Crippen molar-refractivity contribution in [3.05, 3.63) is 58.9 Å². The second-order valence-electron chi connectivity index (χ2n) is 7.29. The molecule has 26 heavy (non-hydrogen) atoms. The van der Waals surface area contributed by atoms with Crippen molar-refractivity contribution in [3.8, 4) is 6.07 Å². The molecule has 1 aromatic carbocycles. The molecule has 0 unspecified atom stereocenters. The minimum absolute atomic E-state index is 0.190. The van der Waals surface area contributed by atoms with Crippen LogP contribution in [0.25, 0.3) is 0 Å². The molecular formula is C21H24N4O. The number of aromatic nitrogens is 2. The number of carbonyl (C=O) groups is 1. The smallest absolute Gasteiger partial charge is 0.226 e. The molecular weight excluding hydrogens is 324 g/mol. The Morgan fingerprint density at radius 3 is 2.62 bits per heavy atom. The van der Waals surface area contributed by atoms with Gasteiger partial charge < -0.3 is 4.90 Å². The van der Waals surface area contributed by atoms with Crippen LogP contribution in [0.15, 0.2) is 36.4 Å². The quantitative estimate of drug-likeness (QED) is 0.832. The lowest BCUT2D eigenvalue weighted by atomic mass is 10.0. The van der Waals surface area contributed by atoms with Crippen LogP contribution in [0.2, 0.25) is 0 Å². The molecule has 1 fully saturated rings. The van der Waals surface area contributed by atoms with Crippen LogP contribution in [0.3, 0.4) is 0 Å². The van der Waals surface area contributed by atoms with Crippen molar-refractivity contribution in [1.82, 2.24) is 15.1 Å². The summed E-state index contributed by atoms with van der Waals surface area (Å²) in [6.07, 6.45) is 2.24. The van der Waals surface area contributed by atoms with Gasteiger partial charge in [0.1, 0.15) is 6.07 Å². The maximum atomic E-state index is 12.6. The normalized spacial score (nSPS) is 16.7. The summed E-state index contributed by atoms with van der Waals surface area (Å²) in [5.41, 5.74) is 3.58. The summed E-state index contributed by atoms with van der Waals surface area (Å²) in [6, 6.07) is 13.9. The second kappa shape index (κ2) is 8.09. The minimum Gasteiger partial charge on any atom is -0.342 e. The summed E-state index contributed by atoms with van der Waals surface area (Å²) >= 11 is 0. The molecule has 3 rings (SSSR count). The molecule has 1 saturated heterocycles. The van der Waals surface area contributed by atoms with Crippen molar-refractivity contribution in [2.45, 2.75) is 39.0 Å². The number of hydrogen-bond donors (Lipinski definition) is 0. The largest absolute Gasteiger partial charge is 0.342 e. The zero-order valence-electron chi connectivity index (χ0n) is 15.4. The third-order valence-corrected chi connectivity index (χ3v) is 4.97. The van der Waals surface area contributed by atoms with Gasteiger partial charge in [0.2, 0.25) is 5.91 Å². The Labute approximate surface area is 154 Å². The summed E-state index contributed by atoms with van der Waals surface area (Å²) in [4.78, 5) is 14.5. The fourth-order valence-corrected chi connectivity index (χ4v) is 3.36. The SMILES string of the molecule is CC(C)c1ccc(CC(=O)N2CC[C@@H](Cc3ccc(C#N)nn3)C2)cc1. The predicted octanol–water partition coefficient (Wildman–Crippen LogP) is 3.11. The Hall–Kier alpha value is -2.74. The number of likely N-dealkylation sites (tertiary alicyclic amines) is 1. The topological polar surface area (TPSA) is 69.9 Å². The van der Waals surface area contributed by atoms with Gasteiger partial charge in [0.25, 0.3) is 0 Å². The monoisotopic (exact) mass is 348 g/mol. The van der Waals surface area contributed by atoms with Gasteiger partial charge in [0.05, 0.1) is 12.1 Å². The van der Waals surface area contributed by atoms with E-state index in [1.165, 1.54) is 5.56 Å². The van der Waals surface area contributed by atoms with Crippen LogP contribution >= 0.6 is 0 Å². The third-order valence-electron chi connectivity index (χ3n) is 4.97. The fraction of sp³-hybridized carbons (Fsp3) is 0.429. The molecule has 2 heterocycles. The van der Waals surface area contributed by atoms with Gasteiger partial charge in [0, 0.05) is 13.1 Å². The van der Waals surface area contributed by atoms with E-state index in [2.05, 4.69) is 48.3 Å². The molecule has 1 aromatic heterocycles. The zero-order valence-corrected chi connectivity index (χ0v) is 15.4.